The van der Waals surface area contributed by atoms with E-state index in [2.05, 4.69) is 9.97 Å². The number of hydrogen-bond donors (Lipinski definition) is 0. The molecule has 2 aliphatic heterocycles. The maximum atomic E-state index is 12.8. The number of esters is 1. The van der Waals surface area contributed by atoms with E-state index in [1.807, 2.05) is 39.0 Å². The molecule has 2 spiro atoms. The zero-order chi connectivity index (χ0) is 24.8. The van der Waals surface area contributed by atoms with E-state index < -0.39 is 11.1 Å². The second-order valence-electron chi connectivity index (χ2n) is 10.4. The molecule has 1 aromatic carbocycles. The second kappa shape index (κ2) is 8.32. The van der Waals surface area contributed by atoms with Gasteiger partial charge in [-0.05, 0) is 51.3 Å². The summed E-state index contributed by atoms with van der Waals surface area (Å²) in [6.45, 7) is 6.38. The van der Waals surface area contributed by atoms with E-state index in [0.29, 0.717) is 25.0 Å². The summed E-state index contributed by atoms with van der Waals surface area (Å²) in [5, 5.41) is 0. The fourth-order valence-electron chi connectivity index (χ4n) is 4.77. The van der Waals surface area contributed by atoms with Crippen molar-refractivity contribution in [2.45, 2.75) is 57.6 Å². The van der Waals surface area contributed by atoms with Crippen molar-refractivity contribution >= 4 is 17.7 Å². The number of aromatic nitrogens is 2. The SMILES string of the molecule is COc1cnc(C(=O)Cc2ccc3c(c2)C2(COC(CC(=O)OC(C)(C)C)=N2)C2(CC2)CO3)cn1. The molecule has 0 bridgehead atoms. The third kappa shape index (κ3) is 4.35. The maximum Gasteiger partial charge on any atom is 0.315 e. The number of hydrogen-bond acceptors (Lipinski definition) is 9. The first-order chi connectivity index (χ1) is 16.6. The number of benzene rings is 1. The lowest BCUT2D eigenvalue weighted by Crippen LogP contribution is -2.44. The molecule has 9 nitrogen and oxygen atoms in total. The third-order valence-corrected chi connectivity index (χ3v) is 6.69. The summed E-state index contributed by atoms with van der Waals surface area (Å²) in [6.07, 6.45) is 4.91. The van der Waals surface area contributed by atoms with Gasteiger partial charge in [-0.15, -0.1) is 0 Å². The number of carbonyl (C=O) groups excluding carboxylic acids is 2. The molecule has 35 heavy (non-hydrogen) atoms. The van der Waals surface area contributed by atoms with Crippen molar-refractivity contribution in [1.82, 2.24) is 9.97 Å². The van der Waals surface area contributed by atoms with Crippen LogP contribution in [0.4, 0.5) is 0 Å². The Balaban J connectivity index is 1.42. The first kappa shape index (κ1) is 23.3. The Morgan fingerprint density at radius 1 is 1.06 bits per heavy atom. The summed E-state index contributed by atoms with van der Waals surface area (Å²) < 4.78 is 22.5. The van der Waals surface area contributed by atoms with E-state index in [9.17, 15) is 9.59 Å². The lowest BCUT2D eigenvalue weighted by molar-refractivity contribution is -0.153. The van der Waals surface area contributed by atoms with Crippen molar-refractivity contribution in [2.24, 2.45) is 10.4 Å². The molecule has 5 rings (SSSR count). The highest BCUT2D eigenvalue weighted by molar-refractivity contribution is 5.96. The predicted octanol–water partition coefficient (Wildman–Crippen LogP) is 3.44. The Morgan fingerprint density at radius 3 is 2.51 bits per heavy atom. The summed E-state index contributed by atoms with van der Waals surface area (Å²) in [5.74, 6) is 0.946. The molecule has 0 amide bonds. The summed E-state index contributed by atoms with van der Waals surface area (Å²) in [5.41, 5.74) is 0.605. The first-order valence-corrected chi connectivity index (χ1v) is 11.7. The van der Waals surface area contributed by atoms with Gasteiger partial charge in [-0.1, -0.05) is 6.07 Å². The maximum absolute atomic E-state index is 12.8. The molecule has 1 aliphatic carbocycles. The van der Waals surface area contributed by atoms with Crippen LogP contribution >= 0.6 is 0 Å². The lowest BCUT2D eigenvalue weighted by Gasteiger charge is -2.39. The van der Waals surface area contributed by atoms with Crippen molar-refractivity contribution in [2.75, 3.05) is 20.3 Å². The van der Waals surface area contributed by atoms with E-state index in [1.165, 1.54) is 19.5 Å². The average Bonchev–Trinajstić information content (AvgIpc) is 3.49. The van der Waals surface area contributed by atoms with E-state index in [0.717, 1.165) is 29.7 Å². The van der Waals surface area contributed by atoms with Gasteiger partial charge in [-0.25, -0.2) is 15.0 Å². The molecule has 0 radical (unpaired) electrons. The number of ketones is 1. The van der Waals surface area contributed by atoms with Gasteiger partial charge in [-0.3, -0.25) is 9.59 Å². The molecule has 1 saturated carbocycles. The monoisotopic (exact) mass is 479 g/mol. The van der Waals surface area contributed by atoms with Gasteiger partial charge in [0.15, 0.2) is 11.7 Å². The predicted molar refractivity (Wildman–Crippen MR) is 126 cm³/mol. The third-order valence-electron chi connectivity index (χ3n) is 6.69. The smallest absolute Gasteiger partial charge is 0.315 e. The van der Waals surface area contributed by atoms with Crippen molar-refractivity contribution < 1.29 is 28.5 Å². The number of fused-ring (bicyclic) bond motifs is 3. The van der Waals surface area contributed by atoms with Gasteiger partial charge in [0.1, 0.15) is 35.6 Å². The molecule has 0 saturated heterocycles. The topological polar surface area (TPSA) is 109 Å². The molecule has 1 aromatic heterocycles. The molecular weight excluding hydrogens is 450 g/mol. The summed E-state index contributed by atoms with van der Waals surface area (Å²) >= 11 is 0. The van der Waals surface area contributed by atoms with Gasteiger partial charge in [0.05, 0.1) is 26.1 Å². The molecule has 1 atom stereocenters. The minimum absolute atomic E-state index is 0.0143. The number of ether oxygens (including phenoxy) is 4. The van der Waals surface area contributed by atoms with Gasteiger partial charge in [-0.2, -0.15) is 0 Å². The molecule has 2 aromatic rings. The number of rotatable bonds is 6. The molecule has 184 valence electrons. The molecular formula is C26H29N3O6. The van der Waals surface area contributed by atoms with Gasteiger partial charge in [0.25, 0.3) is 0 Å². The van der Waals surface area contributed by atoms with Gasteiger partial charge in [0, 0.05) is 17.4 Å². The lowest BCUT2D eigenvalue weighted by atomic mass is 9.74. The van der Waals surface area contributed by atoms with Crippen LogP contribution in [-0.2, 0) is 26.2 Å². The van der Waals surface area contributed by atoms with E-state index >= 15 is 0 Å². The van der Waals surface area contributed by atoms with Crippen LogP contribution in [0.1, 0.15) is 61.6 Å². The highest BCUT2D eigenvalue weighted by Gasteiger charge is 2.66. The van der Waals surface area contributed by atoms with E-state index in [-0.39, 0.29) is 35.7 Å². The van der Waals surface area contributed by atoms with Crippen LogP contribution in [-0.4, -0.2) is 53.5 Å². The number of carbonyl (C=O) groups is 2. The van der Waals surface area contributed by atoms with Crippen molar-refractivity contribution in [3.8, 4) is 11.6 Å². The molecule has 0 N–H and O–H groups in total. The van der Waals surface area contributed by atoms with Crippen LogP contribution in [0, 0.1) is 5.41 Å². The Kier molecular flexibility index (Phi) is 5.53. The quantitative estimate of drug-likeness (QED) is 0.458. The van der Waals surface area contributed by atoms with Crippen LogP contribution in [0.15, 0.2) is 35.6 Å². The summed E-state index contributed by atoms with van der Waals surface area (Å²) in [4.78, 5) is 38.5. The van der Waals surface area contributed by atoms with E-state index in [4.69, 9.17) is 23.9 Å². The molecule has 1 fully saturated rings. The number of methoxy groups -OCH3 is 1. The van der Waals surface area contributed by atoms with Gasteiger partial charge in [0.2, 0.25) is 5.88 Å². The van der Waals surface area contributed by atoms with Crippen molar-refractivity contribution in [3.63, 3.8) is 0 Å². The standard InChI is InChI=1S/C26H29N3O6/c1-24(2,3)35-23(31)11-21-29-26(15-34-21)17-9-16(5-6-20(17)33-14-25(26)7-8-25)10-19(30)18-12-28-22(32-4)13-27-18/h5-6,9,12-13H,7-8,10-11,14-15H2,1-4H3. The van der Waals surface area contributed by atoms with Crippen LogP contribution in [0.2, 0.25) is 0 Å². The van der Waals surface area contributed by atoms with E-state index in [1.54, 1.807) is 0 Å². The van der Waals surface area contributed by atoms with Gasteiger partial charge < -0.3 is 18.9 Å². The number of aliphatic imine (C=N–C) groups is 1. The normalized spacial score (nSPS) is 21.5. The molecule has 3 aliphatic rings. The zero-order valence-corrected chi connectivity index (χ0v) is 20.4. The van der Waals surface area contributed by atoms with Crippen LogP contribution in [0.5, 0.6) is 11.6 Å². The summed E-state index contributed by atoms with van der Waals surface area (Å²) in [6, 6.07) is 5.75. The van der Waals surface area contributed by atoms with Crippen LogP contribution in [0.3, 0.4) is 0 Å². The fraction of sp³-hybridized carbons (Fsp3) is 0.500. The molecule has 3 heterocycles. The van der Waals surface area contributed by atoms with Crippen molar-refractivity contribution in [3.05, 3.63) is 47.4 Å². The molecule has 9 heteroatoms. The minimum Gasteiger partial charge on any atom is -0.493 e. The van der Waals surface area contributed by atoms with Crippen LogP contribution in [0.25, 0.3) is 0 Å². The largest absolute Gasteiger partial charge is 0.493 e. The Bertz CT molecular complexity index is 1200. The Morgan fingerprint density at radius 2 is 1.86 bits per heavy atom. The number of Topliss-reactive ketones (excluding diaryl/α,β-unsaturated/α-hetero) is 1. The minimum atomic E-state index is -0.642. The van der Waals surface area contributed by atoms with Crippen LogP contribution < -0.4 is 9.47 Å². The summed E-state index contributed by atoms with van der Waals surface area (Å²) in [7, 11) is 1.50. The second-order valence-corrected chi connectivity index (χ2v) is 10.4. The Labute approximate surface area is 203 Å². The zero-order valence-electron chi connectivity index (χ0n) is 20.4. The number of nitrogens with zero attached hydrogens (tertiary/aromatic N) is 3. The van der Waals surface area contributed by atoms with Crippen molar-refractivity contribution in [1.29, 1.82) is 0 Å². The highest BCUT2D eigenvalue weighted by atomic mass is 16.6. The highest BCUT2D eigenvalue weighted by Crippen LogP contribution is 2.65. The fourth-order valence-corrected chi connectivity index (χ4v) is 4.77. The first-order valence-electron chi connectivity index (χ1n) is 11.7. The molecule has 1 unspecified atom stereocenters. The van der Waals surface area contributed by atoms with Gasteiger partial charge >= 0.3 is 5.97 Å². The average molecular weight is 480 g/mol. The Hall–Kier alpha value is -3.49.